The minimum Gasteiger partial charge on any atom is -0.487 e. The third kappa shape index (κ3) is 4.42. The number of nitrogens with zero attached hydrogens (tertiary/aromatic N) is 2. The average molecular weight is 422 g/mol. The van der Waals surface area contributed by atoms with Crippen LogP contribution in [0.1, 0.15) is 42.5 Å². The van der Waals surface area contributed by atoms with E-state index < -0.39 is 0 Å². The van der Waals surface area contributed by atoms with E-state index in [2.05, 4.69) is 73.1 Å². The molecule has 1 amide bonds. The summed E-state index contributed by atoms with van der Waals surface area (Å²) < 4.78 is 6.58. The Kier molecular flexibility index (Phi) is 5.98. The molecule has 2 aliphatic rings. The first-order valence-electron chi connectivity index (χ1n) is 11.4. The molecule has 5 heteroatoms. The van der Waals surface area contributed by atoms with Gasteiger partial charge < -0.3 is 15.0 Å². The predicted molar refractivity (Wildman–Crippen MR) is 127 cm³/mol. The number of anilines is 2. The number of ether oxygens (including phenoxy) is 1. The van der Waals surface area contributed by atoms with E-state index in [1.165, 1.54) is 11.3 Å². The SMILES string of the molecule is CC(=O)Nc1c(C)c(C)c2c(c1C)CC(C)(CCN1CCN(c3ccccc3)CC1)O2. The van der Waals surface area contributed by atoms with Gasteiger partial charge in [0.1, 0.15) is 11.4 Å². The standard InChI is InChI=1S/C26H35N3O2/c1-18-19(2)25-23(20(3)24(18)27-21(4)30)17-26(5,31-25)11-12-28-13-15-29(16-14-28)22-9-7-6-8-10-22/h6-10H,11-17H2,1-5H3,(H,27,30). The van der Waals surface area contributed by atoms with Gasteiger partial charge >= 0.3 is 0 Å². The lowest BCUT2D eigenvalue weighted by atomic mass is 9.90. The van der Waals surface area contributed by atoms with Gasteiger partial charge in [-0.3, -0.25) is 9.69 Å². The molecule has 166 valence electrons. The van der Waals surface area contributed by atoms with Crippen LogP contribution in [0.3, 0.4) is 0 Å². The second kappa shape index (κ2) is 8.54. The Morgan fingerprint density at radius 3 is 2.35 bits per heavy atom. The molecule has 0 bridgehead atoms. The van der Waals surface area contributed by atoms with E-state index in [9.17, 15) is 4.79 Å². The van der Waals surface area contributed by atoms with Crippen molar-refractivity contribution in [3.63, 3.8) is 0 Å². The maximum atomic E-state index is 11.7. The molecule has 5 nitrogen and oxygen atoms in total. The Hall–Kier alpha value is -2.53. The summed E-state index contributed by atoms with van der Waals surface area (Å²) in [6.45, 7) is 15.4. The van der Waals surface area contributed by atoms with E-state index >= 15 is 0 Å². The lowest BCUT2D eigenvalue weighted by Gasteiger charge is -2.37. The molecule has 0 saturated carbocycles. The number of carbonyl (C=O) groups excluding carboxylic acids is 1. The third-order valence-electron chi connectivity index (χ3n) is 7.03. The first kappa shape index (κ1) is 21.7. The highest BCUT2D eigenvalue weighted by molar-refractivity contribution is 5.91. The van der Waals surface area contributed by atoms with E-state index in [0.717, 1.165) is 73.7 Å². The molecule has 0 aromatic heterocycles. The third-order valence-corrected chi connectivity index (χ3v) is 7.03. The molecular formula is C26H35N3O2. The smallest absolute Gasteiger partial charge is 0.221 e. The summed E-state index contributed by atoms with van der Waals surface area (Å²) in [5.74, 6) is 1.00. The number of para-hydroxylation sites is 1. The zero-order valence-corrected chi connectivity index (χ0v) is 19.5. The van der Waals surface area contributed by atoms with Crippen LogP contribution in [0.15, 0.2) is 30.3 Å². The van der Waals surface area contributed by atoms with E-state index in [4.69, 9.17) is 4.74 Å². The molecule has 1 atom stereocenters. The Morgan fingerprint density at radius 2 is 1.71 bits per heavy atom. The summed E-state index contributed by atoms with van der Waals surface area (Å²) >= 11 is 0. The number of piperazine rings is 1. The van der Waals surface area contributed by atoms with Crippen molar-refractivity contribution >= 4 is 17.3 Å². The average Bonchev–Trinajstić information content (AvgIpc) is 3.13. The van der Waals surface area contributed by atoms with Crippen molar-refractivity contribution in [3.8, 4) is 5.75 Å². The summed E-state index contributed by atoms with van der Waals surface area (Å²) in [7, 11) is 0. The van der Waals surface area contributed by atoms with Crippen molar-refractivity contribution in [2.45, 2.75) is 53.1 Å². The number of amides is 1. The van der Waals surface area contributed by atoms with Crippen LogP contribution in [0, 0.1) is 20.8 Å². The Balaban J connectivity index is 1.39. The molecule has 1 saturated heterocycles. The Labute approximate surface area is 186 Å². The maximum Gasteiger partial charge on any atom is 0.221 e. The van der Waals surface area contributed by atoms with Gasteiger partial charge in [-0.05, 0) is 62.9 Å². The lowest BCUT2D eigenvalue weighted by molar-refractivity contribution is -0.114. The van der Waals surface area contributed by atoms with Gasteiger partial charge in [0, 0.05) is 63.0 Å². The van der Waals surface area contributed by atoms with Crippen LogP contribution < -0.4 is 15.0 Å². The van der Waals surface area contributed by atoms with Crippen LogP contribution in [-0.4, -0.2) is 49.1 Å². The molecule has 2 aromatic rings. The number of hydrogen-bond acceptors (Lipinski definition) is 4. The fourth-order valence-electron chi connectivity index (χ4n) is 4.96. The largest absolute Gasteiger partial charge is 0.487 e. The minimum atomic E-state index is -0.199. The molecule has 0 aliphatic carbocycles. The van der Waals surface area contributed by atoms with Gasteiger partial charge in [0.05, 0.1) is 0 Å². The molecule has 2 heterocycles. The summed E-state index contributed by atoms with van der Waals surface area (Å²) in [6, 6.07) is 10.7. The van der Waals surface area contributed by atoms with Crippen molar-refractivity contribution in [1.29, 1.82) is 0 Å². The highest BCUT2D eigenvalue weighted by Crippen LogP contribution is 2.45. The first-order valence-corrected chi connectivity index (χ1v) is 11.4. The number of nitrogens with one attached hydrogen (secondary N) is 1. The van der Waals surface area contributed by atoms with Crippen molar-refractivity contribution in [3.05, 3.63) is 52.6 Å². The van der Waals surface area contributed by atoms with Crippen molar-refractivity contribution in [2.24, 2.45) is 0 Å². The summed E-state index contributed by atoms with van der Waals surface area (Å²) in [5, 5.41) is 3.03. The van der Waals surface area contributed by atoms with Crippen molar-refractivity contribution in [1.82, 2.24) is 4.90 Å². The van der Waals surface area contributed by atoms with Gasteiger partial charge in [0.15, 0.2) is 0 Å². The normalized spacial score (nSPS) is 21.0. The van der Waals surface area contributed by atoms with Crippen LogP contribution in [-0.2, 0) is 11.2 Å². The minimum absolute atomic E-state index is 0.0260. The molecule has 2 aromatic carbocycles. The van der Waals surface area contributed by atoms with Crippen LogP contribution in [0.4, 0.5) is 11.4 Å². The maximum absolute atomic E-state index is 11.7. The predicted octanol–water partition coefficient (Wildman–Crippen LogP) is 4.48. The highest BCUT2D eigenvalue weighted by Gasteiger charge is 2.38. The van der Waals surface area contributed by atoms with E-state index in [-0.39, 0.29) is 11.5 Å². The number of rotatable bonds is 5. The van der Waals surface area contributed by atoms with Crippen molar-refractivity contribution < 1.29 is 9.53 Å². The van der Waals surface area contributed by atoms with Gasteiger partial charge in [0.25, 0.3) is 0 Å². The molecule has 2 aliphatic heterocycles. The van der Waals surface area contributed by atoms with Gasteiger partial charge in [0.2, 0.25) is 5.91 Å². The monoisotopic (exact) mass is 421 g/mol. The molecule has 4 rings (SSSR count). The van der Waals surface area contributed by atoms with Crippen molar-refractivity contribution in [2.75, 3.05) is 42.9 Å². The van der Waals surface area contributed by atoms with Gasteiger partial charge in [-0.1, -0.05) is 18.2 Å². The topological polar surface area (TPSA) is 44.8 Å². The van der Waals surface area contributed by atoms with Gasteiger partial charge in [-0.2, -0.15) is 0 Å². The Morgan fingerprint density at radius 1 is 1.03 bits per heavy atom. The summed E-state index contributed by atoms with van der Waals surface area (Å²) in [5.41, 5.74) is 6.72. The van der Waals surface area contributed by atoms with Crippen LogP contribution in [0.25, 0.3) is 0 Å². The van der Waals surface area contributed by atoms with E-state index in [1.807, 2.05) is 0 Å². The molecule has 1 fully saturated rings. The molecule has 0 spiro atoms. The van der Waals surface area contributed by atoms with E-state index in [1.54, 1.807) is 6.92 Å². The number of benzene rings is 2. The van der Waals surface area contributed by atoms with Gasteiger partial charge in [-0.15, -0.1) is 0 Å². The second-order valence-corrected chi connectivity index (χ2v) is 9.38. The van der Waals surface area contributed by atoms with E-state index in [0.29, 0.717) is 0 Å². The summed E-state index contributed by atoms with van der Waals surface area (Å²) in [6.07, 6.45) is 1.90. The fourth-order valence-corrected chi connectivity index (χ4v) is 4.96. The number of fused-ring (bicyclic) bond motifs is 1. The second-order valence-electron chi connectivity index (χ2n) is 9.38. The number of carbonyl (C=O) groups is 1. The molecule has 1 N–H and O–H groups in total. The quantitative estimate of drug-likeness (QED) is 0.773. The summed E-state index contributed by atoms with van der Waals surface area (Å²) in [4.78, 5) is 16.7. The zero-order chi connectivity index (χ0) is 22.2. The number of hydrogen-bond donors (Lipinski definition) is 1. The molecule has 1 unspecified atom stereocenters. The fraction of sp³-hybridized carbons (Fsp3) is 0.500. The van der Waals surface area contributed by atoms with Gasteiger partial charge in [-0.25, -0.2) is 0 Å². The van der Waals surface area contributed by atoms with Crippen LogP contribution >= 0.6 is 0 Å². The zero-order valence-electron chi connectivity index (χ0n) is 19.5. The molecule has 31 heavy (non-hydrogen) atoms. The highest BCUT2D eigenvalue weighted by atomic mass is 16.5. The first-order chi connectivity index (χ1) is 14.8. The van der Waals surface area contributed by atoms with Crippen LogP contribution in [0.5, 0.6) is 5.75 Å². The van der Waals surface area contributed by atoms with Crippen LogP contribution in [0.2, 0.25) is 0 Å². The lowest BCUT2D eigenvalue weighted by Crippen LogP contribution is -2.48. The Bertz CT molecular complexity index is 965. The molecule has 0 radical (unpaired) electrons. The molecular weight excluding hydrogens is 386 g/mol.